The van der Waals surface area contributed by atoms with Crippen molar-refractivity contribution < 1.29 is 8.42 Å². The van der Waals surface area contributed by atoms with Gasteiger partial charge in [-0.05, 0) is 42.0 Å². The Morgan fingerprint density at radius 3 is 2.14 bits per heavy atom. The van der Waals surface area contributed by atoms with Crippen molar-refractivity contribution >= 4 is 37.4 Å². The SMILES string of the molecule is N[C@H]1[C@H](c2ccc(Br)cc2)[C@@H]1S(=O)(=O)c1ccc(Cl)cc1. The van der Waals surface area contributed by atoms with Crippen molar-refractivity contribution in [2.75, 3.05) is 0 Å². The van der Waals surface area contributed by atoms with Crippen LogP contribution in [-0.4, -0.2) is 19.7 Å². The van der Waals surface area contributed by atoms with Crippen LogP contribution < -0.4 is 5.73 Å². The van der Waals surface area contributed by atoms with Crippen LogP contribution >= 0.6 is 27.5 Å². The average Bonchev–Trinajstić information content (AvgIpc) is 3.12. The van der Waals surface area contributed by atoms with Crippen molar-refractivity contribution in [2.45, 2.75) is 22.1 Å². The summed E-state index contributed by atoms with van der Waals surface area (Å²) in [5.41, 5.74) is 6.97. The molecule has 110 valence electrons. The van der Waals surface area contributed by atoms with E-state index in [0.29, 0.717) is 5.02 Å². The van der Waals surface area contributed by atoms with Gasteiger partial charge < -0.3 is 5.73 Å². The maximum atomic E-state index is 12.6. The van der Waals surface area contributed by atoms with E-state index in [1.165, 1.54) is 12.1 Å². The lowest BCUT2D eigenvalue weighted by Gasteiger charge is -2.04. The Bertz CT molecular complexity index is 759. The van der Waals surface area contributed by atoms with Gasteiger partial charge in [-0.25, -0.2) is 8.42 Å². The van der Waals surface area contributed by atoms with Gasteiger partial charge >= 0.3 is 0 Å². The van der Waals surface area contributed by atoms with E-state index < -0.39 is 15.1 Å². The van der Waals surface area contributed by atoms with Crippen molar-refractivity contribution in [2.24, 2.45) is 5.73 Å². The van der Waals surface area contributed by atoms with Crippen molar-refractivity contribution in [1.29, 1.82) is 0 Å². The monoisotopic (exact) mass is 385 g/mol. The maximum absolute atomic E-state index is 12.6. The minimum atomic E-state index is -3.43. The summed E-state index contributed by atoms with van der Waals surface area (Å²) in [5.74, 6) is -0.154. The van der Waals surface area contributed by atoms with Crippen LogP contribution in [0.5, 0.6) is 0 Å². The summed E-state index contributed by atoms with van der Waals surface area (Å²) in [6.07, 6.45) is 0. The normalized spacial score (nSPS) is 24.8. The molecule has 0 saturated heterocycles. The molecule has 0 spiro atoms. The summed E-state index contributed by atoms with van der Waals surface area (Å²) in [5, 5.41) is -0.0571. The predicted molar refractivity (Wildman–Crippen MR) is 87.3 cm³/mol. The molecule has 21 heavy (non-hydrogen) atoms. The van der Waals surface area contributed by atoms with E-state index in [0.717, 1.165) is 10.0 Å². The van der Waals surface area contributed by atoms with Crippen molar-refractivity contribution in [3.8, 4) is 0 Å². The van der Waals surface area contributed by atoms with E-state index >= 15 is 0 Å². The Morgan fingerprint density at radius 1 is 1.00 bits per heavy atom. The minimum Gasteiger partial charge on any atom is -0.326 e. The number of halogens is 2. The molecular weight excluding hydrogens is 374 g/mol. The lowest BCUT2D eigenvalue weighted by molar-refractivity contribution is 0.593. The maximum Gasteiger partial charge on any atom is 0.183 e. The summed E-state index contributed by atoms with van der Waals surface area (Å²) in [7, 11) is -3.43. The third kappa shape index (κ3) is 2.75. The van der Waals surface area contributed by atoms with E-state index in [-0.39, 0.29) is 16.9 Å². The molecule has 1 aliphatic rings. The van der Waals surface area contributed by atoms with Crippen LogP contribution in [0, 0.1) is 0 Å². The summed E-state index contributed by atoms with van der Waals surface area (Å²) < 4.78 is 26.2. The number of benzene rings is 2. The first kappa shape index (κ1) is 15.0. The minimum absolute atomic E-state index is 0.154. The fourth-order valence-corrected chi connectivity index (χ4v) is 5.02. The molecule has 3 nitrogen and oxygen atoms in total. The Balaban J connectivity index is 1.91. The third-order valence-corrected chi connectivity index (χ3v) is 6.80. The standard InChI is InChI=1S/C15H13BrClNO2S/c16-10-3-1-9(2-4-10)13-14(18)15(13)21(19,20)12-7-5-11(17)6-8-12/h1-8,13-15H,18H2/t13-,14-,15-/m0/s1. The van der Waals surface area contributed by atoms with Crippen molar-refractivity contribution in [3.63, 3.8) is 0 Å². The van der Waals surface area contributed by atoms with Crippen molar-refractivity contribution in [3.05, 3.63) is 63.6 Å². The van der Waals surface area contributed by atoms with Gasteiger partial charge in [0.1, 0.15) is 0 Å². The Kier molecular flexibility index (Phi) is 3.86. The molecule has 2 aromatic carbocycles. The molecule has 0 heterocycles. The molecule has 3 atom stereocenters. The molecule has 6 heteroatoms. The fourth-order valence-electron chi connectivity index (χ4n) is 2.58. The van der Waals surface area contributed by atoms with Crippen LogP contribution in [0.3, 0.4) is 0 Å². The summed E-state index contributed by atoms with van der Waals surface area (Å²) in [4.78, 5) is 0.270. The topological polar surface area (TPSA) is 60.2 Å². The zero-order chi connectivity index (χ0) is 15.2. The van der Waals surface area contributed by atoms with Crippen LogP contribution in [0.1, 0.15) is 11.5 Å². The highest BCUT2D eigenvalue weighted by Gasteiger charge is 2.57. The van der Waals surface area contributed by atoms with E-state index in [4.69, 9.17) is 17.3 Å². The van der Waals surface area contributed by atoms with Crippen LogP contribution in [0.15, 0.2) is 57.9 Å². The van der Waals surface area contributed by atoms with Gasteiger partial charge in [-0.1, -0.05) is 39.7 Å². The quantitative estimate of drug-likeness (QED) is 0.880. The molecule has 1 fully saturated rings. The molecule has 1 saturated carbocycles. The zero-order valence-electron chi connectivity index (χ0n) is 10.9. The van der Waals surface area contributed by atoms with Gasteiger partial charge in [0, 0.05) is 21.5 Å². The zero-order valence-corrected chi connectivity index (χ0v) is 14.1. The second-order valence-corrected chi connectivity index (χ2v) is 8.58. The molecule has 2 N–H and O–H groups in total. The van der Waals surface area contributed by atoms with Crippen LogP contribution in [0.2, 0.25) is 5.02 Å². The Hall–Kier alpha value is -0.880. The van der Waals surface area contributed by atoms with Gasteiger partial charge in [0.25, 0.3) is 0 Å². The second kappa shape index (κ2) is 5.39. The molecule has 0 aromatic heterocycles. The van der Waals surface area contributed by atoms with Gasteiger partial charge in [-0.3, -0.25) is 0 Å². The van der Waals surface area contributed by atoms with E-state index in [9.17, 15) is 8.42 Å². The summed E-state index contributed by atoms with van der Waals surface area (Å²) >= 11 is 9.17. The lowest BCUT2D eigenvalue weighted by Crippen LogP contribution is -2.15. The number of rotatable bonds is 3. The third-order valence-electron chi connectivity index (χ3n) is 3.76. The van der Waals surface area contributed by atoms with Gasteiger partial charge in [0.05, 0.1) is 10.1 Å². The highest BCUT2D eigenvalue weighted by Crippen LogP contribution is 2.47. The molecule has 0 unspecified atom stereocenters. The smallest absolute Gasteiger partial charge is 0.183 e. The van der Waals surface area contributed by atoms with Gasteiger partial charge in [0.15, 0.2) is 9.84 Å². The number of hydrogen-bond donors (Lipinski definition) is 1. The second-order valence-electron chi connectivity index (χ2n) is 5.12. The Morgan fingerprint density at radius 2 is 1.57 bits per heavy atom. The number of nitrogens with two attached hydrogens (primary N) is 1. The van der Waals surface area contributed by atoms with E-state index in [1.54, 1.807) is 12.1 Å². The fraction of sp³-hybridized carbons (Fsp3) is 0.200. The highest BCUT2D eigenvalue weighted by atomic mass is 79.9. The van der Waals surface area contributed by atoms with Gasteiger partial charge in [0.2, 0.25) is 0 Å². The molecule has 0 aliphatic heterocycles. The van der Waals surface area contributed by atoms with E-state index in [2.05, 4.69) is 15.9 Å². The molecular formula is C15H13BrClNO2S. The number of hydrogen-bond acceptors (Lipinski definition) is 3. The largest absolute Gasteiger partial charge is 0.326 e. The first-order chi connectivity index (χ1) is 9.91. The lowest BCUT2D eigenvalue weighted by atomic mass is 10.1. The predicted octanol–water partition coefficient (Wildman–Crippen LogP) is 3.37. The molecule has 2 aromatic rings. The van der Waals surface area contributed by atoms with Crippen LogP contribution in [-0.2, 0) is 9.84 Å². The molecule has 0 bridgehead atoms. The molecule has 0 amide bonds. The van der Waals surface area contributed by atoms with Crippen LogP contribution in [0.4, 0.5) is 0 Å². The average molecular weight is 387 g/mol. The molecule has 1 aliphatic carbocycles. The first-order valence-corrected chi connectivity index (χ1v) is 9.13. The highest BCUT2D eigenvalue weighted by molar-refractivity contribution is 9.10. The molecule has 3 rings (SSSR count). The van der Waals surface area contributed by atoms with E-state index in [1.807, 2.05) is 24.3 Å². The van der Waals surface area contributed by atoms with Gasteiger partial charge in [-0.15, -0.1) is 0 Å². The van der Waals surface area contributed by atoms with Crippen molar-refractivity contribution in [1.82, 2.24) is 0 Å². The first-order valence-electron chi connectivity index (χ1n) is 6.42. The summed E-state index contributed by atoms with van der Waals surface area (Å²) in [6.45, 7) is 0. The van der Waals surface area contributed by atoms with Crippen LogP contribution in [0.25, 0.3) is 0 Å². The summed E-state index contributed by atoms with van der Waals surface area (Å²) in [6, 6.07) is 13.5. The molecule has 0 radical (unpaired) electrons. The van der Waals surface area contributed by atoms with Gasteiger partial charge in [-0.2, -0.15) is 0 Å². The number of sulfone groups is 1. The Labute approximate surface area is 137 Å².